The van der Waals surface area contributed by atoms with E-state index in [9.17, 15) is 14.4 Å². The molecule has 7 heteroatoms. The van der Waals surface area contributed by atoms with Crippen LogP contribution in [0.25, 0.3) is 0 Å². The molecule has 0 bridgehead atoms. The fraction of sp³-hybridized carbons (Fsp3) is 0.500. The average Bonchev–Trinajstić information content (AvgIpc) is 2.75. The van der Waals surface area contributed by atoms with Crippen molar-refractivity contribution in [2.45, 2.75) is 38.6 Å². The highest BCUT2D eigenvalue weighted by atomic mass is 16.5. The zero-order chi connectivity index (χ0) is 21.2. The molecule has 1 saturated heterocycles. The Morgan fingerprint density at radius 3 is 2.66 bits per heavy atom. The van der Waals surface area contributed by atoms with Gasteiger partial charge in [0.2, 0.25) is 5.91 Å². The summed E-state index contributed by atoms with van der Waals surface area (Å²) < 4.78 is 10.5. The number of hydrogen-bond acceptors (Lipinski definition) is 5. The molecule has 0 unspecified atom stereocenters. The van der Waals surface area contributed by atoms with Crippen LogP contribution in [-0.2, 0) is 19.1 Å². The Labute approximate surface area is 171 Å². The van der Waals surface area contributed by atoms with Crippen LogP contribution in [0.4, 0.5) is 0 Å². The molecule has 1 heterocycles. The quantitative estimate of drug-likeness (QED) is 0.507. The molecule has 29 heavy (non-hydrogen) atoms. The molecule has 2 amide bonds. The van der Waals surface area contributed by atoms with Crippen LogP contribution in [0.5, 0.6) is 5.75 Å². The summed E-state index contributed by atoms with van der Waals surface area (Å²) in [4.78, 5) is 38.9. The standard InChI is InChI=1S/C22H28N2O5/c1-4-6-14-24-20(26)12-11-18(22(27)29-15-19(25)23-13-5-2)21(24)16-7-9-17(28-3)10-8-16/h2,7-10,18,21H,4,6,11-15H2,1,3H3,(H,23,25)/t18-,21+/m0/s1. The Morgan fingerprint density at radius 1 is 1.31 bits per heavy atom. The van der Waals surface area contributed by atoms with Crippen molar-refractivity contribution in [2.24, 2.45) is 5.92 Å². The van der Waals surface area contributed by atoms with E-state index in [-0.39, 0.29) is 18.9 Å². The normalized spacial score (nSPS) is 18.7. The van der Waals surface area contributed by atoms with Gasteiger partial charge >= 0.3 is 5.97 Å². The first-order valence-corrected chi connectivity index (χ1v) is 9.82. The summed E-state index contributed by atoms with van der Waals surface area (Å²) in [6, 6.07) is 6.90. The van der Waals surface area contributed by atoms with E-state index in [4.69, 9.17) is 15.9 Å². The van der Waals surface area contributed by atoms with Crippen LogP contribution in [0.2, 0.25) is 0 Å². The highest BCUT2D eigenvalue weighted by Crippen LogP contribution is 2.38. The molecule has 1 aliphatic heterocycles. The number of benzene rings is 1. The number of unbranched alkanes of at least 4 members (excludes halogenated alkanes) is 1. The Kier molecular flexibility index (Phi) is 8.53. The second kappa shape index (κ2) is 11.1. The number of hydrogen-bond donors (Lipinski definition) is 1. The largest absolute Gasteiger partial charge is 0.497 e. The van der Waals surface area contributed by atoms with Gasteiger partial charge in [0.15, 0.2) is 6.61 Å². The Morgan fingerprint density at radius 2 is 2.03 bits per heavy atom. The van der Waals surface area contributed by atoms with Crippen molar-refractivity contribution in [3.05, 3.63) is 29.8 Å². The molecule has 0 radical (unpaired) electrons. The van der Waals surface area contributed by atoms with Gasteiger partial charge in [0, 0.05) is 13.0 Å². The number of carbonyl (C=O) groups is 3. The van der Waals surface area contributed by atoms with E-state index in [0.29, 0.717) is 18.7 Å². The van der Waals surface area contributed by atoms with Crippen LogP contribution < -0.4 is 10.1 Å². The van der Waals surface area contributed by atoms with Crippen molar-refractivity contribution in [1.82, 2.24) is 10.2 Å². The number of ether oxygens (including phenoxy) is 2. The summed E-state index contributed by atoms with van der Waals surface area (Å²) in [5.41, 5.74) is 0.841. The van der Waals surface area contributed by atoms with E-state index in [2.05, 4.69) is 18.2 Å². The van der Waals surface area contributed by atoms with Crippen molar-refractivity contribution in [3.8, 4) is 18.1 Å². The van der Waals surface area contributed by atoms with Crippen LogP contribution in [0, 0.1) is 18.3 Å². The summed E-state index contributed by atoms with van der Waals surface area (Å²) in [5, 5.41) is 2.46. The molecular formula is C22H28N2O5. The third kappa shape index (κ3) is 5.98. The van der Waals surface area contributed by atoms with E-state index in [1.54, 1.807) is 12.0 Å². The number of nitrogens with one attached hydrogen (secondary N) is 1. The molecule has 156 valence electrons. The number of carbonyl (C=O) groups excluding carboxylic acids is 3. The molecule has 7 nitrogen and oxygen atoms in total. The molecule has 2 atom stereocenters. The molecule has 1 N–H and O–H groups in total. The van der Waals surface area contributed by atoms with Crippen molar-refractivity contribution in [1.29, 1.82) is 0 Å². The van der Waals surface area contributed by atoms with Crippen LogP contribution in [0.1, 0.15) is 44.2 Å². The lowest BCUT2D eigenvalue weighted by molar-refractivity contribution is -0.159. The van der Waals surface area contributed by atoms with Gasteiger partial charge in [-0.15, -0.1) is 6.42 Å². The van der Waals surface area contributed by atoms with Gasteiger partial charge in [0.05, 0.1) is 25.6 Å². The molecule has 1 aliphatic rings. The van der Waals surface area contributed by atoms with Gasteiger partial charge in [0.1, 0.15) is 5.75 Å². The third-order valence-electron chi connectivity index (χ3n) is 4.95. The molecule has 0 aromatic heterocycles. The van der Waals surface area contributed by atoms with E-state index in [0.717, 1.165) is 18.4 Å². The molecule has 0 spiro atoms. The predicted molar refractivity (Wildman–Crippen MR) is 108 cm³/mol. The minimum absolute atomic E-state index is 0.0232. The minimum Gasteiger partial charge on any atom is -0.497 e. The van der Waals surface area contributed by atoms with Crippen molar-refractivity contribution in [3.63, 3.8) is 0 Å². The summed E-state index contributed by atoms with van der Waals surface area (Å²) >= 11 is 0. The Balaban J connectivity index is 2.22. The molecular weight excluding hydrogens is 372 g/mol. The maximum absolute atomic E-state index is 12.8. The second-order valence-corrected chi connectivity index (χ2v) is 6.89. The van der Waals surface area contributed by atoms with Gasteiger partial charge in [0.25, 0.3) is 5.91 Å². The number of rotatable bonds is 9. The Bertz CT molecular complexity index is 753. The smallest absolute Gasteiger partial charge is 0.311 e. The number of likely N-dealkylation sites (tertiary alicyclic amines) is 1. The second-order valence-electron chi connectivity index (χ2n) is 6.89. The zero-order valence-electron chi connectivity index (χ0n) is 17.0. The van der Waals surface area contributed by atoms with Crippen molar-refractivity contribution in [2.75, 3.05) is 26.8 Å². The van der Waals surface area contributed by atoms with Crippen molar-refractivity contribution >= 4 is 17.8 Å². The van der Waals surface area contributed by atoms with Crippen LogP contribution in [-0.4, -0.2) is 49.5 Å². The summed E-state index contributed by atoms with van der Waals surface area (Å²) in [5.74, 6) is 1.52. The van der Waals surface area contributed by atoms with Gasteiger partial charge < -0.3 is 19.7 Å². The lowest BCUT2D eigenvalue weighted by Crippen LogP contribution is -2.46. The van der Waals surface area contributed by atoms with Gasteiger partial charge in [-0.25, -0.2) is 0 Å². The van der Waals surface area contributed by atoms with Crippen LogP contribution in [0.15, 0.2) is 24.3 Å². The highest BCUT2D eigenvalue weighted by molar-refractivity contribution is 5.84. The van der Waals surface area contributed by atoms with Crippen molar-refractivity contribution < 1.29 is 23.9 Å². The molecule has 1 aromatic carbocycles. The Hall–Kier alpha value is -3.01. The van der Waals surface area contributed by atoms with Crippen LogP contribution in [0.3, 0.4) is 0 Å². The number of esters is 1. The fourth-order valence-electron chi connectivity index (χ4n) is 3.45. The maximum atomic E-state index is 12.8. The SMILES string of the molecule is C#CCNC(=O)COC(=O)[C@H]1CCC(=O)N(CCCC)[C@@H]1c1ccc(OC)cc1. The zero-order valence-corrected chi connectivity index (χ0v) is 17.0. The van der Waals surface area contributed by atoms with Crippen LogP contribution >= 0.6 is 0 Å². The summed E-state index contributed by atoms with van der Waals surface area (Å²) in [7, 11) is 1.58. The van der Waals surface area contributed by atoms with Gasteiger partial charge in [-0.1, -0.05) is 31.4 Å². The molecule has 0 saturated carbocycles. The molecule has 2 rings (SSSR count). The summed E-state index contributed by atoms with van der Waals surface area (Å²) in [6.07, 6.45) is 7.53. The van der Waals surface area contributed by atoms with E-state index >= 15 is 0 Å². The third-order valence-corrected chi connectivity index (χ3v) is 4.95. The number of piperidine rings is 1. The summed E-state index contributed by atoms with van der Waals surface area (Å²) in [6.45, 7) is 2.30. The van der Waals surface area contributed by atoms with E-state index in [1.807, 2.05) is 24.3 Å². The molecule has 0 aliphatic carbocycles. The lowest BCUT2D eigenvalue weighted by atomic mass is 9.84. The topological polar surface area (TPSA) is 84.9 Å². The molecule has 1 fully saturated rings. The number of methoxy groups -OCH3 is 1. The number of nitrogens with zero attached hydrogens (tertiary/aromatic N) is 1. The fourth-order valence-corrected chi connectivity index (χ4v) is 3.45. The average molecular weight is 400 g/mol. The monoisotopic (exact) mass is 400 g/mol. The minimum atomic E-state index is -0.543. The lowest BCUT2D eigenvalue weighted by Gasteiger charge is -2.40. The first-order valence-electron chi connectivity index (χ1n) is 9.82. The number of amides is 2. The first-order chi connectivity index (χ1) is 14.0. The first kappa shape index (κ1) is 22.3. The van der Waals surface area contributed by atoms with E-state index < -0.39 is 30.4 Å². The van der Waals surface area contributed by atoms with E-state index in [1.165, 1.54) is 0 Å². The number of terminal acetylenes is 1. The van der Waals surface area contributed by atoms with Gasteiger partial charge in [-0.3, -0.25) is 14.4 Å². The van der Waals surface area contributed by atoms with Gasteiger partial charge in [-0.05, 0) is 30.5 Å². The molecule has 1 aromatic rings. The predicted octanol–water partition coefficient (Wildman–Crippen LogP) is 2.07. The maximum Gasteiger partial charge on any atom is 0.311 e. The van der Waals surface area contributed by atoms with Gasteiger partial charge in [-0.2, -0.15) is 0 Å². The highest BCUT2D eigenvalue weighted by Gasteiger charge is 2.41.